The molecule has 0 aromatic carbocycles. The first-order chi connectivity index (χ1) is 9.48. The third kappa shape index (κ3) is 2.96. The van der Waals surface area contributed by atoms with Crippen LogP contribution in [-0.4, -0.2) is 48.2 Å². The Morgan fingerprint density at radius 1 is 1.30 bits per heavy atom. The number of likely N-dealkylation sites (N-methyl/N-ethyl adjacent to an activating group) is 2. The minimum atomic E-state index is -0.450. The van der Waals surface area contributed by atoms with Crippen molar-refractivity contribution in [3.05, 3.63) is 24.0 Å². The van der Waals surface area contributed by atoms with Gasteiger partial charge in [-0.3, -0.25) is 4.98 Å². The van der Waals surface area contributed by atoms with Gasteiger partial charge in [-0.25, -0.2) is 0 Å². The van der Waals surface area contributed by atoms with Gasteiger partial charge in [-0.1, -0.05) is 6.92 Å². The van der Waals surface area contributed by atoms with Crippen LogP contribution in [0.3, 0.4) is 0 Å². The number of nitrogens with zero attached hydrogens (tertiary/aromatic N) is 3. The van der Waals surface area contributed by atoms with E-state index in [0.29, 0.717) is 12.0 Å². The summed E-state index contributed by atoms with van der Waals surface area (Å²) >= 11 is 0. The Balaban J connectivity index is 2.04. The highest BCUT2D eigenvalue weighted by Gasteiger charge is 2.39. The maximum absolute atomic E-state index is 9.78. The lowest BCUT2D eigenvalue weighted by molar-refractivity contribution is 0.0683. The van der Waals surface area contributed by atoms with Crippen LogP contribution in [0.25, 0.3) is 0 Å². The highest BCUT2D eigenvalue weighted by molar-refractivity contribution is 5.44. The van der Waals surface area contributed by atoms with E-state index in [0.717, 1.165) is 17.9 Å². The van der Waals surface area contributed by atoms with Crippen molar-refractivity contribution in [2.45, 2.75) is 44.2 Å². The van der Waals surface area contributed by atoms with Gasteiger partial charge in [-0.15, -0.1) is 0 Å². The topological polar surface area (TPSA) is 39.6 Å². The third-order valence-corrected chi connectivity index (χ3v) is 4.70. The number of aliphatic hydroxyl groups is 1. The van der Waals surface area contributed by atoms with Crippen LogP contribution in [0.2, 0.25) is 0 Å². The molecular formula is C16H27N3O. The molecule has 1 N–H and O–H groups in total. The zero-order valence-corrected chi connectivity index (χ0v) is 13.1. The number of pyridine rings is 1. The van der Waals surface area contributed by atoms with Crippen LogP contribution in [0.1, 0.15) is 44.4 Å². The number of aromatic nitrogens is 1. The molecule has 112 valence electrons. The van der Waals surface area contributed by atoms with Crippen molar-refractivity contribution in [2.24, 2.45) is 0 Å². The molecule has 4 nitrogen and oxygen atoms in total. The molecule has 20 heavy (non-hydrogen) atoms. The lowest BCUT2D eigenvalue weighted by Crippen LogP contribution is -2.56. The molecule has 1 aliphatic carbocycles. The largest absolute Gasteiger partial charge is 0.387 e. The zero-order valence-electron chi connectivity index (χ0n) is 13.1. The van der Waals surface area contributed by atoms with Crippen molar-refractivity contribution in [3.8, 4) is 0 Å². The summed E-state index contributed by atoms with van der Waals surface area (Å²) in [4.78, 5) is 9.01. The number of hydrogen-bond acceptors (Lipinski definition) is 4. The molecule has 0 amide bonds. The summed E-state index contributed by atoms with van der Waals surface area (Å²) in [5.41, 5.74) is 2.19. The predicted octanol–water partition coefficient (Wildman–Crippen LogP) is 2.45. The fourth-order valence-electron chi connectivity index (χ4n) is 2.89. The van der Waals surface area contributed by atoms with Crippen molar-refractivity contribution >= 4 is 5.69 Å². The van der Waals surface area contributed by atoms with Crippen LogP contribution in [0.5, 0.6) is 0 Å². The zero-order chi connectivity index (χ0) is 14.8. The first-order valence-electron chi connectivity index (χ1n) is 7.51. The maximum atomic E-state index is 9.78. The number of aliphatic hydroxyl groups excluding tert-OH is 1. The second kappa shape index (κ2) is 6.10. The van der Waals surface area contributed by atoms with E-state index in [9.17, 15) is 5.11 Å². The van der Waals surface area contributed by atoms with Gasteiger partial charge in [0.15, 0.2) is 0 Å². The Morgan fingerprint density at radius 2 is 2.00 bits per heavy atom. The van der Waals surface area contributed by atoms with Gasteiger partial charge in [0.1, 0.15) is 0 Å². The summed E-state index contributed by atoms with van der Waals surface area (Å²) in [5, 5.41) is 9.78. The average Bonchev–Trinajstić information content (AvgIpc) is 2.41. The van der Waals surface area contributed by atoms with Gasteiger partial charge in [-0.05, 0) is 51.9 Å². The second-order valence-corrected chi connectivity index (χ2v) is 6.19. The van der Waals surface area contributed by atoms with Gasteiger partial charge >= 0.3 is 0 Å². The van der Waals surface area contributed by atoms with E-state index in [1.165, 1.54) is 19.3 Å². The summed E-state index contributed by atoms with van der Waals surface area (Å²) < 4.78 is 0. The Kier molecular flexibility index (Phi) is 4.66. The van der Waals surface area contributed by atoms with Crippen molar-refractivity contribution in [1.29, 1.82) is 0 Å². The first-order valence-corrected chi connectivity index (χ1v) is 7.51. The minimum absolute atomic E-state index is 0.316. The molecule has 0 aliphatic heterocycles. The molecule has 1 aromatic heterocycles. The predicted molar refractivity (Wildman–Crippen MR) is 83.0 cm³/mol. The van der Waals surface area contributed by atoms with Crippen LogP contribution in [0, 0.1) is 0 Å². The summed E-state index contributed by atoms with van der Waals surface area (Å²) in [6, 6.07) is 3.99. The highest BCUT2D eigenvalue weighted by Crippen LogP contribution is 2.37. The standard InChI is InChI=1S/C16H27N3O/c1-5-15(20)14-8-7-13(11-17-14)19(4)12-16(18(2)3)9-6-10-16/h7-8,11,15,20H,5-6,9-10,12H2,1-4H3/t15-/m1/s1. The first kappa shape index (κ1) is 15.3. The van der Waals surface area contributed by atoms with Crippen LogP contribution >= 0.6 is 0 Å². The summed E-state index contributed by atoms with van der Waals surface area (Å²) in [5.74, 6) is 0. The molecular weight excluding hydrogens is 250 g/mol. The lowest BCUT2D eigenvalue weighted by Gasteiger charge is -2.49. The molecule has 0 saturated heterocycles. The molecule has 1 fully saturated rings. The van der Waals surface area contributed by atoms with Gasteiger partial charge in [0.05, 0.1) is 23.7 Å². The van der Waals surface area contributed by atoms with E-state index >= 15 is 0 Å². The molecule has 1 heterocycles. The smallest absolute Gasteiger partial charge is 0.0957 e. The Bertz CT molecular complexity index is 426. The average molecular weight is 277 g/mol. The van der Waals surface area contributed by atoms with Crippen molar-refractivity contribution in [2.75, 3.05) is 32.6 Å². The summed E-state index contributed by atoms with van der Waals surface area (Å²) in [7, 11) is 6.47. The van der Waals surface area contributed by atoms with Gasteiger partial charge < -0.3 is 14.9 Å². The van der Waals surface area contributed by atoms with E-state index in [-0.39, 0.29) is 0 Å². The molecule has 1 atom stereocenters. The molecule has 0 radical (unpaired) electrons. The Morgan fingerprint density at radius 3 is 2.40 bits per heavy atom. The normalized spacial score (nSPS) is 18.7. The Labute approximate surface area is 122 Å². The van der Waals surface area contributed by atoms with E-state index in [4.69, 9.17) is 0 Å². The van der Waals surface area contributed by atoms with Gasteiger partial charge in [-0.2, -0.15) is 0 Å². The highest BCUT2D eigenvalue weighted by atomic mass is 16.3. The maximum Gasteiger partial charge on any atom is 0.0957 e. The van der Waals surface area contributed by atoms with Crippen molar-refractivity contribution < 1.29 is 5.11 Å². The summed E-state index contributed by atoms with van der Waals surface area (Å²) in [6.45, 7) is 2.99. The molecule has 0 spiro atoms. The van der Waals surface area contributed by atoms with E-state index < -0.39 is 6.10 Å². The van der Waals surface area contributed by atoms with E-state index in [1.54, 1.807) is 0 Å². The van der Waals surface area contributed by atoms with Crippen LogP contribution < -0.4 is 4.90 Å². The molecule has 1 aliphatic rings. The van der Waals surface area contributed by atoms with E-state index in [1.807, 2.05) is 19.2 Å². The van der Waals surface area contributed by atoms with E-state index in [2.05, 4.69) is 42.0 Å². The van der Waals surface area contributed by atoms with Crippen LogP contribution in [0.15, 0.2) is 18.3 Å². The number of rotatable bonds is 6. The van der Waals surface area contributed by atoms with Crippen molar-refractivity contribution in [3.63, 3.8) is 0 Å². The van der Waals surface area contributed by atoms with Crippen LogP contribution in [0.4, 0.5) is 5.69 Å². The van der Waals surface area contributed by atoms with Crippen molar-refractivity contribution in [1.82, 2.24) is 9.88 Å². The monoisotopic (exact) mass is 277 g/mol. The van der Waals surface area contributed by atoms with Gasteiger partial charge in [0, 0.05) is 19.1 Å². The Hall–Kier alpha value is -1.13. The lowest BCUT2D eigenvalue weighted by atomic mass is 9.75. The third-order valence-electron chi connectivity index (χ3n) is 4.70. The number of hydrogen-bond donors (Lipinski definition) is 1. The van der Waals surface area contributed by atoms with Gasteiger partial charge in [0.25, 0.3) is 0 Å². The molecule has 1 aromatic rings. The fourth-order valence-corrected chi connectivity index (χ4v) is 2.89. The summed E-state index contributed by atoms with van der Waals surface area (Å²) in [6.07, 6.45) is 5.98. The molecule has 1 saturated carbocycles. The molecule has 2 rings (SSSR count). The fraction of sp³-hybridized carbons (Fsp3) is 0.688. The second-order valence-electron chi connectivity index (χ2n) is 6.19. The molecule has 0 unspecified atom stereocenters. The number of anilines is 1. The quantitative estimate of drug-likeness (QED) is 0.867. The molecule has 0 bridgehead atoms. The molecule has 4 heteroatoms. The minimum Gasteiger partial charge on any atom is -0.387 e. The van der Waals surface area contributed by atoms with Gasteiger partial charge in [0.2, 0.25) is 0 Å². The SMILES string of the molecule is CC[C@@H](O)c1ccc(N(C)CC2(N(C)C)CCC2)cn1. The van der Waals surface area contributed by atoms with Crippen LogP contribution in [-0.2, 0) is 0 Å².